The zero-order chi connectivity index (χ0) is 14.4. The van der Waals surface area contributed by atoms with Gasteiger partial charge in [0.1, 0.15) is 12.0 Å². The zero-order valence-corrected chi connectivity index (χ0v) is 15.5. The third kappa shape index (κ3) is 5.84. The fourth-order valence-electron chi connectivity index (χ4n) is 2.82. The van der Waals surface area contributed by atoms with Crippen molar-refractivity contribution in [3.8, 4) is 0 Å². The lowest BCUT2D eigenvalue weighted by Crippen LogP contribution is -2.44. The van der Waals surface area contributed by atoms with E-state index < -0.39 is 0 Å². The van der Waals surface area contributed by atoms with Gasteiger partial charge in [0.2, 0.25) is 0 Å². The van der Waals surface area contributed by atoms with E-state index in [1.165, 1.54) is 25.7 Å². The molecule has 0 atom stereocenters. The van der Waals surface area contributed by atoms with E-state index in [1.807, 2.05) is 6.07 Å². The molecule has 1 fully saturated rings. The van der Waals surface area contributed by atoms with Crippen molar-refractivity contribution in [3.63, 3.8) is 0 Å². The minimum atomic E-state index is 0. The molecule has 1 saturated carbocycles. The quantitative estimate of drug-likeness (QED) is 0.458. The van der Waals surface area contributed by atoms with Crippen molar-refractivity contribution < 1.29 is 4.52 Å². The fourth-order valence-corrected chi connectivity index (χ4v) is 2.82. The van der Waals surface area contributed by atoms with Gasteiger partial charge in [-0.3, -0.25) is 4.99 Å². The van der Waals surface area contributed by atoms with Gasteiger partial charge >= 0.3 is 0 Å². The van der Waals surface area contributed by atoms with Crippen LogP contribution in [0.4, 0.5) is 0 Å². The SMILES string of the molecule is CN=C(NCc1ccon1)NC1CCC(C(C)C)CC1.I. The van der Waals surface area contributed by atoms with Crippen LogP contribution in [0.3, 0.4) is 0 Å². The number of halogens is 1. The van der Waals surface area contributed by atoms with E-state index in [9.17, 15) is 0 Å². The van der Waals surface area contributed by atoms with E-state index in [-0.39, 0.29) is 24.0 Å². The van der Waals surface area contributed by atoms with Gasteiger partial charge in [0.15, 0.2) is 5.96 Å². The Labute approximate surface area is 144 Å². The summed E-state index contributed by atoms with van der Waals surface area (Å²) < 4.78 is 4.81. The number of hydrogen-bond acceptors (Lipinski definition) is 3. The second kappa shape index (κ2) is 9.27. The molecule has 0 radical (unpaired) electrons. The molecular weight excluding hydrogens is 379 g/mol. The molecule has 5 nitrogen and oxygen atoms in total. The molecule has 2 N–H and O–H groups in total. The summed E-state index contributed by atoms with van der Waals surface area (Å²) in [6.45, 7) is 5.30. The van der Waals surface area contributed by atoms with Crippen LogP contribution in [0.2, 0.25) is 0 Å². The van der Waals surface area contributed by atoms with Crippen LogP contribution < -0.4 is 10.6 Å². The van der Waals surface area contributed by atoms with Crippen LogP contribution in [-0.2, 0) is 6.54 Å². The van der Waals surface area contributed by atoms with Crippen LogP contribution in [0.25, 0.3) is 0 Å². The lowest BCUT2D eigenvalue weighted by atomic mass is 9.80. The van der Waals surface area contributed by atoms with Gasteiger partial charge < -0.3 is 15.2 Å². The summed E-state index contributed by atoms with van der Waals surface area (Å²) in [4.78, 5) is 4.27. The Bertz CT molecular complexity index is 411. The molecule has 0 unspecified atom stereocenters. The first-order valence-electron chi connectivity index (χ1n) is 7.55. The van der Waals surface area contributed by atoms with Gasteiger partial charge in [0, 0.05) is 19.2 Å². The molecule has 1 aliphatic carbocycles. The third-order valence-electron chi connectivity index (χ3n) is 4.21. The number of nitrogens with one attached hydrogen (secondary N) is 2. The second-order valence-electron chi connectivity index (χ2n) is 5.92. The van der Waals surface area contributed by atoms with Crippen LogP contribution in [-0.4, -0.2) is 24.2 Å². The topological polar surface area (TPSA) is 62.5 Å². The van der Waals surface area contributed by atoms with Gasteiger partial charge in [0.25, 0.3) is 0 Å². The molecule has 0 bridgehead atoms. The molecule has 0 aliphatic heterocycles. The largest absolute Gasteiger partial charge is 0.364 e. The minimum Gasteiger partial charge on any atom is -0.364 e. The maximum atomic E-state index is 4.81. The van der Waals surface area contributed by atoms with E-state index in [2.05, 4.69) is 34.6 Å². The molecule has 1 aliphatic rings. The van der Waals surface area contributed by atoms with Crippen LogP contribution in [0.5, 0.6) is 0 Å². The molecule has 0 spiro atoms. The fraction of sp³-hybridized carbons (Fsp3) is 0.733. The average molecular weight is 406 g/mol. The molecule has 0 amide bonds. The van der Waals surface area contributed by atoms with Gasteiger partial charge in [-0.05, 0) is 37.5 Å². The molecule has 1 aromatic heterocycles. The standard InChI is InChI=1S/C15H26N4O.HI/c1-11(2)12-4-6-13(7-5-12)18-15(16-3)17-10-14-8-9-20-19-14;/h8-9,11-13H,4-7,10H2,1-3H3,(H2,16,17,18);1H. The Morgan fingerprint density at radius 1 is 1.38 bits per heavy atom. The predicted molar refractivity (Wildman–Crippen MR) is 95.8 cm³/mol. The van der Waals surface area contributed by atoms with Gasteiger partial charge in [-0.15, -0.1) is 24.0 Å². The maximum Gasteiger partial charge on any atom is 0.191 e. The highest BCUT2D eigenvalue weighted by Crippen LogP contribution is 2.29. The van der Waals surface area contributed by atoms with E-state index in [4.69, 9.17) is 4.52 Å². The van der Waals surface area contributed by atoms with Crippen LogP contribution in [0, 0.1) is 11.8 Å². The first kappa shape index (κ1) is 18.3. The number of guanidine groups is 1. The van der Waals surface area contributed by atoms with Crippen molar-refractivity contribution in [3.05, 3.63) is 18.0 Å². The number of rotatable bonds is 4. The van der Waals surface area contributed by atoms with Gasteiger partial charge in [-0.25, -0.2) is 0 Å². The van der Waals surface area contributed by atoms with Crippen molar-refractivity contribution in [1.82, 2.24) is 15.8 Å². The van der Waals surface area contributed by atoms with Crippen LogP contribution in [0.1, 0.15) is 45.2 Å². The molecule has 21 heavy (non-hydrogen) atoms. The Balaban J connectivity index is 0.00000220. The van der Waals surface area contributed by atoms with Crippen molar-refractivity contribution >= 4 is 29.9 Å². The Hall–Kier alpha value is -0.790. The van der Waals surface area contributed by atoms with Crippen LogP contribution >= 0.6 is 24.0 Å². The van der Waals surface area contributed by atoms with Crippen molar-refractivity contribution in [2.45, 2.75) is 52.1 Å². The summed E-state index contributed by atoms with van der Waals surface area (Å²) in [5.41, 5.74) is 0.886. The molecule has 120 valence electrons. The van der Waals surface area contributed by atoms with Gasteiger partial charge in [0.05, 0.1) is 6.54 Å². The molecule has 1 heterocycles. The predicted octanol–water partition coefficient (Wildman–Crippen LogP) is 3.17. The van der Waals surface area contributed by atoms with E-state index >= 15 is 0 Å². The molecule has 1 aromatic rings. The Morgan fingerprint density at radius 2 is 2.10 bits per heavy atom. The first-order valence-corrected chi connectivity index (χ1v) is 7.55. The monoisotopic (exact) mass is 406 g/mol. The van der Waals surface area contributed by atoms with Gasteiger partial charge in [-0.1, -0.05) is 19.0 Å². The smallest absolute Gasteiger partial charge is 0.191 e. The number of hydrogen-bond donors (Lipinski definition) is 2. The zero-order valence-electron chi connectivity index (χ0n) is 13.1. The molecular formula is C15H27IN4O. The van der Waals surface area contributed by atoms with E-state index in [0.717, 1.165) is 23.5 Å². The number of aromatic nitrogens is 1. The Morgan fingerprint density at radius 3 is 2.62 bits per heavy atom. The summed E-state index contributed by atoms with van der Waals surface area (Å²) >= 11 is 0. The molecule has 2 rings (SSSR count). The number of aliphatic imine (C=N–C) groups is 1. The average Bonchev–Trinajstić information content (AvgIpc) is 2.97. The van der Waals surface area contributed by atoms with Crippen molar-refractivity contribution in [2.24, 2.45) is 16.8 Å². The van der Waals surface area contributed by atoms with Crippen molar-refractivity contribution in [2.75, 3.05) is 7.05 Å². The summed E-state index contributed by atoms with van der Waals surface area (Å²) in [5, 5.41) is 10.7. The molecule has 0 saturated heterocycles. The Kier molecular flexibility index (Phi) is 8.06. The third-order valence-corrected chi connectivity index (χ3v) is 4.21. The van der Waals surface area contributed by atoms with E-state index in [0.29, 0.717) is 12.6 Å². The molecule has 0 aromatic carbocycles. The summed E-state index contributed by atoms with van der Waals surface area (Å²) in [6.07, 6.45) is 6.67. The maximum absolute atomic E-state index is 4.81. The second-order valence-corrected chi connectivity index (χ2v) is 5.92. The number of nitrogens with zero attached hydrogens (tertiary/aromatic N) is 2. The van der Waals surface area contributed by atoms with E-state index in [1.54, 1.807) is 13.3 Å². The minimum absolute atomic E-state index is 0. The normalized spacial score (nSPS) is 22.8. The summed E-state index contributed by atoms with van der Waals surface area (Å²) in [6, 6.07) is 2.39. The van der Waals surface area contributed by atoms with Gasteiger partial charge in [-0.2, -0.15) is 0 Å². The molecule has 6 heteroatoms. The highest BCUT2D eigenvalue weighted by atomic mass is 127. The lowest BCUT2D eigenvalue weighted by Gasteiger charge is -2.32. The first-order chi connectivity index (χ1) is 9.69. The summed E-state index contributed by atoms with van der Waals surface area (Å²) in [5.74, 6) is 2.54. The highest BCUT2D eigenvalue weighted by Gasteiger charge is 2.23. The van der Waals surface area contributed by atoms with Crippen molar-refractivity contribution in [1.29, 1.82) is 0 Å². The highest BCUT2D eigenvalue weighted by molar-refractivity contribution is 14.0. The van der Waals surface area contributed by atoms with Crippen LogP contribution in [0.15, 0.2) is 21.8 Å². The lowest BCUT2D eigenvalue weighted by molar-refractivity contribution is 0.250. The summed E-state index contributed by atoms with van der Waals surface area (Å²) in [7, 11) is 1.80.